The third-order valence-electron chi connectivity index (χ3n) is 1.15. The molecule has 1 rings (SSSR count). The Hall–Kier alpha value is -0.750. The second-order valence-corrected chi connectivity index (χ2v) is 3.25. The number of hydrogen-bond acceptors (Lipinski definition) is 6. The van der Waals surface area contributed by atoms with Crippen LogP contribution in [-0.2, 0) is 19.1 Å². The van der Waals surface area contributed by atoms with E-state index in [0.29, 0.717) is 5.75 Å². The number of aliphatic carboxylic acids is 1. The van der Waals surface area contributed by atoms with Crippen LogP contribution < -0.4 is 5.11 Å². The molecule has 1 saturated heterocycles. The number of hydrogen-bond donors (Lipinski definition) is 0. The fourth-order valence-corrected chi connectivity index (χ4v) is 1.57. The Morgan fingerprint density at radius 1 is 1.67 bits per heavy atom. The molecule has 0 unspecified atom stereocenters. The molecule has 0 spiro atoms. The van der Waals surface area contributed by atoms with Crippen LogP contribution in [0.1, 0.15) is 6.92 Å². The molecule has 0 bridgehead atoms. The van der Waals surface area contributed by atoms with E-state index in [1.54, 1.807) is 0 Å². The van der Waals surface area contributed by atoms with E-state index in [1.807, 2.05) is 0 Å². The molecule has 5 nitrogen and oxygen atoms in total. The van der Waals surface area contributed by atoms with E-state index in [9.17, 15) is 14.7 Å². The minimum absolute atomic E-state index is 0.332. The van der Waals surface area contributed by atoms with E-state index in [2.05, 4.69) is 4.74 Å². The lowest BCUT2D eigenvalue weighted by atomic mass is 10.7. The second-order valence-electron chi connectivity index (χ2n) is 2.16. The van der Waals surface area contributed by atoms with Crippen molar-refractivity contribution in [2.75, 3.05) is 5.75 Å². The summed E-state index contributed by atoms with van der Waals surface area (Å²) in [6, 6.07) is 0. The molecule has 0 amide bonds. The third kappa shape index (κ3) is 2.38. The minimum Gasteiger partial charge on any atom is -0.546 e. The Kier molecular flexibility index (Phi) is 2.93. The number of esters is 1. The summed E-state index contributed by atoms with van der Waals surface area (Å²) in [5, 5.41) is 10.2. The highest BCUT2D eigenvalue weighted by Crippen LogP contribution is 2.25. The average Bonchev–Trinajstić information content (AvgIpc) is 2.34. The van der Waals surface area contributed by atoms with E-state index < -0.39 is 23.7 Å². The van der Waals surface area contributed by atoms with Crippen LogP contribution in [-0.4, -0.2) is 29.4 Å². The normalized spacial score (nSPS) is 28.4. The van der Waals surface area contributed by atoms with Crippen molar-refractivity contribution in [2.45, 2.75) is 18.6 Å². The van der Waals surface area contributed by atoms with Crippen LogP contribution in [0.3, 0.4) is 0 Å². The summed E-state index contributed by atoms with van der Waals surface area (Å²) >= 11 is 1.04. The SMILES string of the molecule is CC(=O)O[C@@H]1CS[C@H](C(=O)[O-])O1. The monoisotopic (exact) mass is 191 g/mol. The van der Waals surface area contributed by atoms with Crippen LogP contribution in [0.5, 0.6) is 0 Å². The van der Waals surface area contributed by atoms with Gasteiger partial charge in [0.15, 0.2) is 0 Å². The van der Waals surface area contributed by atoms with Gasteiger partial charge in [-0.05, 0) is 0 Å². The van der Waals surface area contributed by atoms with E-state index in [1.165, 1.54) is 6.92 Å². The molecule has 68 valence electrons. The van der Waals surface area contributed by atoms with Crippen LogP contribution in [0.4, 0.5) is 0 Å². The Balaban J connectivity index is 2.35. The van der Waals surface area contributed by atoms with Crippen molar-refractivity contribution in [3.63, 3.8) is 0 Å². The highest BCUT2D eigenvalue weighted by atomic mass is 32.2. The number of carbonyl (C=O) groups is 2. The van der Waals surface area contributed by atoms with Gasteiger partial charge in [-0.25, -0.2) is 0 Å². The van der Waals surface area contributed by atoms with Crippen LogP contribution in [0.25, 0.3) is 0 Å². The molecule has 1 aliphatic heterocycles. The molecule has 2 atom stereocenters. The van der Waals surface area contributed by atoms with Crippen molar-refractivity contribution in [1.29, 1.82) is 0 Å². The van der Waals surface area contributed by atoms with Gasteiger partial charge >= 0.3 is 5.97 Å². The van der Waals surface area contributed by atoms with Gasteiger partial charge in [0.1, 0.15) is 5.44 Å². The van der Waals surface area contributed by atoms with Crippen LogP contribution >= 0.6 is 11.8 Å². The van der Waals surface area contributed by atoms with Gasteiger partial charge in [-0.1, -0.05) is 0 Å². The zero-order valence-electron chi connectivity index (χ0n) is 6.31. The highest BCUT2D eigenvalue weighted by Gasteiger charge is 2.28. The standard InChI is InChI=1S/C6H8O5S/c1-3(7)10-4-2-12-6(11-4)5(8)9/h4,6H,2H2,1H3,(H,8,9)/p-1/t4-,6+/m0/s1. The maximum Gasteiger partial charge on any atom is 0.304 e. The molecule has 0 aromatic carbocycles. The van der Waals surface area contributed by atoms with Gasteiger partial charge < -0.3 is 19.4 Å². The topological polar surface area (TPSA) is 75.7 Å². The molecule has 0 radical (unpaired) electrons. The first-order valence-electron chi connectivity index (χ1n) is 3.24. The lowest BCUT2D eigenvalue weighted by Gasteiger charge is -2.12. The zero-order valence-corrected chi connectivity index (χ0v) is 7.13. The van der Waals surface area contributed by atoms with Crippen LogP contribution in [0, 0.1) is 0 Å². The van der Waals surface area contributed by atoms with Gasteiger partial charge in [-0.2, -0.15) is 0 Å². The quantitative estimate of drug-likeness (QED) is 0.506. The molecular formula is C6H7O5S-. The molecule has 0 N–H and O–H groups in total. The Bertz CT molecular complexity index is 204. The first-order chi connectivity index (χ1) is 5.59. The summed E-state index contributed by atoms with van der Waals surface area (Å²) in [6.45, 7) is 1.24. The number of rotatable bonds is 2. The summed E-state index contributed by atoms with van der Waals surface area (Å²) in [5.41, 5.74) is -1.02. The van der Waals surface area contributed by atoms with E-state index in [0.717, 1.165) is 11.8 Å². The summed E-state index contributed by atoms with van der Waals surface area (Å²) in [5.74, 6) is -1.45. The van der Waals surface area contributed by atoms with E-state index in [4.69, 9.17) is 4.74 Å². The molecular weight excluding hydrogens is 184 g/mol. The van der Waals surface area contributed by atoms with Crippen molar-refractivity contribution in [1.82, 2.24) is 0 Å². The van der Waals surface area contributed by atoms with Gasteiger partial charge in [-0.15, -0.1) is 11.8 Å². The van der Waals surface area contributed by atoms with Gasteiger partial charge in [0.2, 0.25) is 6.29 Å². The Morgan fingerprint density at radius 2 is 2.33 bits per heavy atom. The first-order valence-corrected chi connectivity index (χ1v) is 4.29. The number of ether oxygens (including phenoxy) is 2. The minimum atomic E-state index is -1.30. The Labute approximate surface area is 73.0 Å². The van der Waals surface area contributed by atoms with Crippen molar-refractivity contribution in [3.05, 3.63) is 0 Å². The molecule has 1 heterocycles. The number of carboxylic acid groups (broad SMARTS) is 1. The fraction of sp³-hybridized carbons (Fsp3) is 0.667. The molecule has 12 heavy (non-hydrogen) atoms. The molecule has 6 heteroatoms. The van der Waals surface area contributed by atoms with Gasteiger partial charge in [0.25, 0.3) is 0 Å². The lowest BCUT2D eigenvalue weighted by Crippen LogP contribution is -2.34. The number of thioether (sulfide) groups is 1. The predicted octanol–water partition coefficient (Wildman–Crippen LogP) is -1.29. The summed E-state index contributed by atoms with van der Waals surface area (Å²) < 4.78 is 9.41. The summed E-state index contributed by atoms with van der Waals surface area (Å²) in [7, 11) is 0. The van der Waals surface area contributed by atoms with E-state index in [-0.39, 0.29) is 0 Å². The predicted molar refractivity (Wildman–Crippen MR) is 37.9 cm³/mol. The largest absolute Gasteiger partial charge is 0.546 e. The maximum absolute atomic E-state index is 10.4. The summed E-state index contributed by atoms with van der Waals surface area (Å²) in [4.78, 5) is 20.6. The molecule has 0 aliphatic carbocycles. The van der Waals surface area contributed by atoms with E-state index >= 15 is 0 Å². The first kappa shape index (κ1) is 9.34. The smallest absolute Gasteiger partial charge is 0.304 e. The van der Waals surface area contributed by atoms with Gasteiger partial charge in [-0.3, -0.25) is 4.79 Å². The molecule has 0 aromatic heterocycles. The van der Waals surface area contributed by atoms with Gasteiger partial charge in [0, 0.05) is 6.92 Å². The van der Waals surface area contributed by atoms with Crippen molar-refractivity contribution in [2.24, 2.45) is 0 Å². The molecule has 0 aromatic rings. The van der Waals surface area contributed by atoms with Gasteiger partial charge in [0.05, 0.1) is 11.7 Å². The zero-order chi connectivity index (χ0) is 9.14. The lowest BCUT2D eigenvalue weighted by molar-refractivity contribution is -0.314. The van der Waals surface area contributed by atoms with Crippen molar-refractivity contribution in [3.8, 4) is 0 Å². The average molecular weight is 191 g/mol. The van der Waals surface area contributed by atoms with Crippen LogP contribution in [0.2, 0.25) is 0 Å². The molecule has 0 saturated carbocycles. The third-order valence-corrected chi connectivity index (χ3v) is 2.22. The second kappa shape index (κ2) is 3.77. The molecule has 1 aliphatic rings. The number of carboxylic acids is 1. The fourth-order valence-electron chi connectivity index (χ4n) is 0.753. The van der Waals surface area contributed by atoms with Crippen molar-refractivity contribution >= 4 is 23.7 Å². The summed E-state index contributed by atoms with van der Waals surface area (Å²) in [6.07, 6.45) is -0.754. The van der Waals surface area contributed by atoms with Crippen molar-refractivity contribution < 1.29 is 24.2 Å². The number of carbonyl (C=O) groups excluding carboxylic acids is 2. The molecule has 1 fully saturated rings. The highest BCUT2D eigenvalue weighted by molar-refractivity contribution is 8.00. The Morgan fingerprint density at radius 3 is 2.75 bits per heavy atom. The maximum atomic E-state index is 10.4. The van der Waals surface area contributed by atoms with Crippen LogP contribution in [0.15, 0.2) is 0 Å².